The van der Waals surface area contributed by atoms with Crippen molar-refractivity contribution in [2.24, 2.45) is 5.10 Å². The normalized spacial score (nSPS) is 10.7. The number of hydrazone groups is 1. The summed E-state index contributed by atoms with van der Waals surface area (Å²) in [6.07, 6.45) is 2.76. The predicted octanol–water partition coefficient (Wildman–Crippen LogP) is 4.82. The van der Waals surface area contributed by atoms with Crippen molar-refractivity contribution < 1.29 is 23.5 Å². The summed E-state index contributed by atoms with van der Waals surface area (Å²) in [5.74, 6) is -1.10. The third kappa shape index (κ3) is 5.88. The second-order valence-corrected chi connectivity index (χ2v) is 7.47. The van der Waals surface area contributed by atoms with Crippen LogP contribution in [0.3, 0.4) is 0 Å². The lowest BCUT2D eigenvalue weighted by molar-refractivity contribution is 0.0733. The maximum absolute atomic E-state index is 12.7. The monoisotopic (exact) mass is 467 g/mol. The molecule has 0 saturated heterocycles. The number of para-hydroxylation sites is 2. The SMILES string of the molecule is Cc1cccc(C(=O)Oc2ccccc2/C=N\NC(=O)c2ccccc2NC(=O)c2ccco2)c1. The van der Waals surface area contributed by atoms with Gasteiger partial charge in [-0.1, -0.05) is 42.0 Å². The molecule has 3 aromatic carbocycles. The summed E-state index contributed by atoms with van der Waals surface area (Å²) in [6.45, 7) is 1.89. The quantitative estimate of drug-likeness (QED) is 0.175. The van der Waals surface area contributed by atoms with Gasteiger partial charge < -0.3 is 14.5 Å². The van der Waals surface area contributed by atoms with Gasteiger partial charge in [0, 0.05) is 5.56 Å². The van der Waals surface area contributed by atoms with Crippen molar-refractivity contribution in [1.29, 1.82) is 0 Å². The number of esters is 1. The van der Waals surface area contributed by atoms with Gasteiger partial charge in [-0.25, -0.2) is 10.2 Å². The second-order valence-electron chi connectivity index (χ2n) is 7.47. The lowest BCUT2D eigenvalue weighted by Crippen LogP contribution is -2.21. The van der Waals surface area contributed by atoms with Crippen molar-refractivity contribution in [1.82, 2.24) is 5.43 Å². The van der Waals surface area contributed by atoms with E-state index in [0.29, 0.717) is 22.6 Å². The number of carbonyl (C=O) groups excluding carboxylic acids is 3. The predicted molar refractivity (Wildman–Crippen MR) is 131 cm³/mol. The molecule has 0 spiro atoms. The number of benzene rings is 3. The zero-order chi connectivity index (χ0) is 24.6. The van der Waals surface area contributed by atoms with E-state index < -0.39 is 17.8 Å². The van der Waals surface area contributed by atoms with Gasteiger partial charge in [0.15, 0.2) is 5.76 Å². The zero-order valence-corrected chi connectivity index (χ0v) is 18.7. The highest BCUT2D eigenvalue weighted by Gasteiger charge is 2.15. The van der Waals surface area contributed by atoms with Crippen LogP contribution in [0.2, 0.25) is 0 Å². The van der Waals surface area contributed by atoms with E-state index in [-0.39, 0.29) is 11.3 Å². The van der Waals surface area contributed by atoms with Gasteiger partial charge >= 0.3 is 5.97 Å². The Labute approximate surface area is 201 Å². The number of ether oxygens (including phenoxy) is 1. The molecule has 2 N–H and O–H groups in total. The Morgan fingerprint density at radius 3 is 2.49 bits per heavy atom. The van der Waals surface area contributed by atoms with Crippen LogP contribution >= 0.6 is 0 Å². The van der Waals surface area contributed by atoms with Gasteiger partial charge in [-0.15, -0.1) is 0 Å². The maximum atomic E-state index is 12.7. The summed E-state index contributed by atoms with van der Waals surface area (Å²) in [4.78, 5) is 37.5. The van der Waals surface area contributed by atoms with E-state index >= 15 is 0 Å². The van der Waals surface area contributed by atoms with Gasteiger partial charge in [-0.3, -0.25) is 9.59 Å². The highest BCUT2D eigenvalue weighted by Crippen LogP contribution is 2.19. The molecule has 8 nitrogen and oxygen atoms in total. The number of aryl methyl sites for hydroxylation is 1. The largest absolute Gasteiger partial charge is 0.459 e. The maximum Gasteiger partial charge on any atom is 0.343 e. The summed E-state index contributed by atoms with van der Waals surface area (Å²) in [5.41, 5.74) is 4.81. The van der Waals surface area contributed by atoms with Crippen molar-refractivity contribution in [3.05, 3.63) is 119 Å². The summed E-state index contributed by atoms with van der Waals surface area (Å²) in [5, 5.41) is 6.65. The number of hydrogen-bond acceptors (Lipinski definition) is 6. The molecule has 1 aromatic heterocycles. The fourth-order valence-electron chi connectivity index (χ4n) is 3.21. The minimum absolute atomic E-state index is 0.120. The minimum atomic E-state index is -0.536. The number of amides is 2. The zero-order valence-electron chi connectivity index (χ0n) is 18.7. The average Bonchev–Trinajstić information content (AvgIpc) is 3.41. The molecule has 2 amide bonds. The van der Waals surface area contributed by atoms with Gasteiger partial charge in [-0.05, 0) is 55.5 Å². The van der Waals surface area contributed by atoms with E-state index in [1.807, 2.05) is 13.0 Å². The van der Waals surface area contributed by atoms with Crippen LogP contribution in [0.4, 0.5) is 5.69 Å². The first-order valence-corrected chi connectivity index (χ1v) is 10.7. The van der Waals surface area contributed by atoms with Crippen LogP contribution in [0.25, 0.3) is 0 Å². The van der Waals surface area contributed by atoms with Gasteiger partial charge in [0.05, 0.1) is 29.3 Å². The molecule has 174 valence electrons. The summed E-state index contributed by atoms with van der Waals surface area (Å²) in [7, 11) is 0. The summed E-state index contributed by atoms with van der Waals surface area (Å²) in [6, 6.07) is 23.5. The number of nitrogens with zero attached hydrogens (tertiary/aromatic N) is 1. The molecule has 0 fully saturated rings. The van der Waals surface area contributed by atoms with Crippen LogP contribution in [0.5, 0.6) is 5.75 Å². The molecule has 0 radical (unpaired) electrons. The molecule has 0 bridgehead atoms. The molecule has 0 aliphatic rings. The van der Waals surface area contributed by atoms with E-state index in [1.165, 1.54) is 18.5 Å². The first-order valence-electron chi connectivity index (χ1n) is 10.7. The van der Waals surface area contributed by atoms with E-state index in [1.54, 1.807) is 72.8 Å². The molecule has 0 unspecified atom stereocenters. The Kier molecular flexibility index (Phi) is 7.13. The Bertz CT molecular complexity index is 1390. The number of hydrogen-bond donors (Lipinski definition) is 2. The third-order valence-corrected chi connectivity index (χ3v) is 4.91. The topological polar surface area (TPSA) is 110 Å². The Balaban J connectivity index is 1.44. The van der Waals surface area contributed by atoms with Crippen molar-refractivity contribution in [3.8, 4) is 5.75 Å². The molecule has 0 atom stereocenters. The smallest absolute Gasteiger partial charge is 0.343 e. The number of carbonyl (C=O) groups is 3. The van der Waals surface area contributed by atoms with Crippen LogP contribution in [-0.4, -0.2) is 24.0 Å². The van der Waals surface area contributed by atoms with Crippen molar-refractivity contribution >= 4 is 29.7 Å². The summed E-state index contributed by atoms with van der Waals surface area (Å²) >= 11 is 0. The lowest BCUT2D eigenvalue weighted by Gasteiger charge is -2.09. The van der Waals surface area contributed by atoms with Gasteiger partial charge in [0.2, 0.25) is 0 Å². The van der Waals surface area contributed by atoms with Crippen LogP contribution in [0.1, 0.15) is 42.4 Å². The minimum Gasteiger partial charge on any atom is -0.459 e. The highest BCUT2D eigenvalue weighted by atomic mass is 16.5. The average molecular weight is 467 g/mol. The van der Waals surface area contributed by atoms with Crippen LogP contribution < -0.4 is 15.5 Å². The van der Waals surface area contributed by atoms with E-state index in [9.17, 15) is 14.4 Å². The first kappa shape index (κ1) is 23.2. The first-order chi connectivity index (χ1) is 17.0. The highest BCUT2D eigenvalue weighted by molar-refractivity contribution is 6.08. The molecule has 0 aliphatic carbocycles. The van der Waals surface area contributed by atoms with Crippen molar-refractivity contribution in [2.75, 3.05) is 5.32 Å². The molecular formula is C27H21N3O5. The lowest BCUT2D eigenvalue weighted by atomic mass is 10.1. The fraction of sp³-hybridized carbons (Fsp3) is 0.0370. The Morgan fingerprint density at radius 2 is 1.69 bits per heavy atom. The second kappa shape index (κ2) is 10.8. The molecule has 4 aromatic rings. The standard InChI is InChI=1S/C27H21N3O5/c1-18-8-6-10-19(16-18)27(33)35-23-13-5-2-9-20(23)17-28-30-25(31)21-11-3-4-12-22(21)29-26(32)24-14-7-15-34-24/h2-17H,1H3,(H,29,32)(H,30,31)/b28-17-. The van der Waals surface area contributed by atoms with Gasteiger partial charge in [0.25, 0.3) is 11.8 Å². The number of rotatable bonds is 7. The van der Waals surface area contributed by atoms with Crippen molar-refractivity contribution in [2.45, 2.75) is 6.92 Å². The fourth-order valence-corrected chi connectivity index (χ4v) is 3.21. The molecule has 0 saturated carbocycles. The Hall–Kier alpha value is -4.98. The van der Waals surface area contributed by atoms with E-state index in [4.69, 9.17) is 9.15 Å². The number of furan rings is 1. The van der Waals surface area contributed by atoms with Crippen LogP contribution in [0.15, 0.2) is 101 Å². The summed E-state index contributed by atoms with van der Waals surface area (Å²) < 4.78 is 10.6. The molecule has 1 heterocycles. The molecule has 0 aliphatic heterocycles. The van der Waals surface area contributed by atoms with Crippen LogP contribution in [0, 0.1) is 6.92 Å². The van der Waals surface area contributed by atoms with Crippen LogP contribution in [-0.2, 0) is 0 Å². The van der Waals surface area contributed by atoms with Gasteiger partial charge in [-0.2, -0.15) is 5.10 Å². The molecule has 8 heteroatoms. The number of anilines is 1. The van der Waals surface area contributed by atoms with E-state index in [0.717, 1.165) is 5.56 Å². The molecule has 4 rings (SSSR count). The third-order valence-electron chi connectivity index (χ3n) is 4.91. The number of nitrogens with one attached hydrogen (secondary N) is 2. The van der Waals surface area contributed by atoms with Crippen molar-refractivity contribution in [3.63, 3.8) is 0 Å². The Morgan fingerprint density at radius 1 is 0.886 bits per heavy atom. The van der Waals surface area contributed by atoms with Gasteiger partial charge in [0.1, 0.15) is 5.75 Å². The van der Waals surface area contributed by atoms with E-state index in [2.05, 4.69) is 15.8 Å². The molecule has 35 heavy (non-hydrogen) atoms. The molecular weight excluding hydrogens is 446 g/mol.